The van der Waals surface area contributed by atoms with Crippen molar-refractivity contribution in [3.63, 3.8) is 0 Å². The van der Waals surface area contributed by atoms with Gasteiger partial charge < -0.3 is 36.1 Å². The molecule has 0 bridgehead atoms. The van der Waals surface area contributed by atoms with E-state index >= 15 is 0 Å². The van der Waals surface area contributed by atoms with E-state index in [0.29, 0.717) is 11.7 Å². The Balaban J connectivity index is 1.82. The van der Waals surface area contributed by atoms with Gasteiger partial charge in [-0.1, -0.05) is 0 Å². The minimum absolute atomic E-state index is 0.0106. The van der Waals surface area contributed by atoms with Crippen molar-refractivity contribution in [1.82, 2.24) is 15.1 Å². The summed E-state index contributed by atoms with van der Waals surface area (Å²) >= 11 is 5.37. The fourth-order valence-corrected chi connectivity index (χ4v) is 5.13. The number of piperazine rings is 1. The predicted octanol–water partition coefficient (Wildman–Crippen LogP) is -1.43. The topological polar surface area (TPSA) is 140 Å². The summed E-state index contributed by atoms with van der Waals surface area (Å²) in [5, 5.41) is 3.48. The van der Waals surface area contributed by atoms with Gasteiger partial charge in [0.25, 0.3) is 0 Å². The Bertz CT molecular complexity index is 898. The minimum atomic E-state index is -1.10. The number of hydrogen-bond donors (Lipinski definition) is 3. The highest BCUT2D eigenvalue weighted by Crippen LogP contribution is 2.59. The van der Waals surface area contributed by atoms with Crippen molar-refractivity contribution in [3.8, 4) is 0 Å². The third-order valence-electron chi connectivity index (χ3n) is 6.14. The number of ketones is 2. The van der Waals surface area contributed by atoms with Gasteiger partial charge in [0.1, 0.15) is 12.6 Å². The van der Waals surface area contributed by atoms with E-state index in [4.69, 9.17) is 33.2 Å². The number of nitrogens with one attached hydrogen (secondary N) is 1. The summed E-state index contributed by atoms with van der Waals surface area (Å²) in [7, 11) is 3.23. The molecule has 0 aromatic rings. The number of carbonyl (C=O) groups is 3. The third-order valence-corrected chi connectivity index (χ3v) is 6.55. The number of carbonyl (C=O) groups excluding carboxylic acids is 3. The second-order valence-electron chi connectivity index (χ2n) is 7.18. The van der Waals surface area contributed by atoms with E-state index in [0.717, 1.165) is 0 Å². The normalized spacial score (nSPS) is 33.0. The molecule has 0 spiro atoms. The SMILES string of the molecule is CNC(=S)N1[C@H]2CN3C4=C(C(=O)C(N)=C(C)C4=O)[C@@H](COC(N)=O)[C@@]3(OC)[C@@H]21. The van der Waals surface area contributed by atoms with Gasteiger partial charge in [-0.05, 0) is 19.1 Å². The van der Waals surface area contributed by atoms with Crippen LogP contribution in [0.15, 0.2) is 22.5 Å². The largest absolute Gasteiger partial charge is 0.449 e. The molecule has 3 aliphatic heterocycles. The Hall–Kier alpha value is -2.66. The molecule has 4 atom stereocenters. The van der Waals surface area contributed by atoms with E-state index in [1.54, 1.807) is 11.9 Å². The van der Waals surface area contributed by atoms with Gasteiger partial charge in [-0.25, -0.2) is 4.79 Å². The third kappa shape index (κ3) is 2.05. The zero-order valence-corrected chi connectivity index (χ0v) is 16.5. The van der Waals surface area contributed by atoms with Crippen molar-refractivity contribution in [1.29, 1.82) is 0 Å². The zero-order valence-electron chi connectivity index (χ0n) is 15.6. The highest BCUT2D eigenvalue weighted by molar-refractivity contribution is 7.80. The number of thiocarbonyl (C=S) groups is 1. The molecule has 0 aromatic heterocycles. The van der Waals surface area contributed by atoms with Crippen molar-refractivity contribution in [2.45, 2.75) is 24.7 Å². The number of rotatable bonds is 3. The lowest BCUT2D eigenvalue weighted by atomic mass is 9.82. The van der Waals surface area contributed by atoms with Crippen LogP contribution in [0.2, 0.25) is 0 Å². The number of nitrogens with zero attached hydrogens (tertiary/aromatic N) is 2. The highest BCUT2D eigenvalue weighted by Gasteiger charge is 2.77. The van der Waals surface area contributed by atoms with E-state index in [-0.39, 0.29) is 47.0 Å². The molecule has 0 aromatic carbocycles. The van der Waals surface area contributed by atoms with Crippen LogP contribution >= 0.6 is 12.2 Å². The zero-order chi connectivity index (χ0) is 20.5. The maximum atomic E-state index is 13.0. The number of allylic oxidation sites excluding steroid dienone is 2. The first-order valence-corrected chi connectivity index (χ1v) is 9.18. The number of nitrogens with two attached hydrogens (primary N) is 2. The van der Waals surface area contributed by atoms with Crippen LogP contribution in [0.3, 0.4) is 0 Å². The Morgan fingerprint density at radius 1 is 1.39 bits per heavy atom. The van der Waals surface area contributed by atoms with Crippen LogP contribution in [0.4, 0.5) is 4.79 Å². The second-order valence-corrected chi connectivity index (χ2v) is 7.57. The number of primary amides is 1. The number of ether oxygens (including phenoxy) is 2. The molecular formula is C17H21N5O5S. The first kappa shape index (κ1) is 18.7. The minimum Gasteiger partial charge on any atom is -0.449 e. The van der Waals surface area contributed by atoms with Gasteiger partial charge in [-0.15, -0.1) is 0 Å². The molecule has 0 unspecified atom stereocenters. The summed E-state index contributed by atoms with van der Waals surface area (Å²) in [6.07, 6.45) is -0.978. The van der Waals surface area contributed by atoms with Gasteiger partial charge in [0, 0.05) is 31.8 Å². The second kappa shape index (κ2) is 5.92. The average molecular weight is 407 g/mol. The monoisotopic (exact) mass is 407 g/mol. The molecule has 10 nitrogen and oxygen atoms in total. The van der Waals surface area contributed by atoms with Gasteiger partial charge in [0.15, 0.2) is 10.8 Å². The van der Waals surface area contributed by atoms with E-state index < -0.39 is 23.5 Å². The number of methoxy groups -OCH3 is 1. The summed E-state index contributed by atoms with van der Waals surface area (Å²) in [5.74, 6) is -1.50. The van der Waals surface area contributed by atoms with Gasteiger partial charge in [0.2, 0.25) is 11.6 Å². The molecule has 4 aliphatic rings. The van der Waals surface area contributed by atoms with Crippen LogP contribution < -0.4 is 16.8 Å². The maximum Gasteiger partial charge on any atom is 0.404 e. The Morgan fingerprint density at radius 2 is 2.07 bits per heavy atom. The van der Waals surface area contributed by atoms with E-state index in [9.17, 15) is 14.4 Å². The average Bonchev–Trinajstić information content (AvgIpc) is 3.17. The Morgan fingerprint density at radius 3 is 2.64 bits per heavy atom. The molecule has 0 saturated carbocycles. The number of amides is 1. The Labute approximate surface area is 166 Å². The fourth-order valence-electron chi connectivity index (χ4n) is 4.88. The first-order valence-electron chi connectivity index (χ1n) is 8.77. The lowest BCUT2D eigenvalue weighted by molar-refractivity contribution is -0.142. The lowest BCUT2D eigenvalue weighted by Gasteiger charge is -2.41. The predicted molar refractivity (Wildman–Crippen MR) is 100 cm³/mol. The van der Waals surface area contributed by atoms with Crippen molar-refractivity contribution in [2.24, 2.45) is 17.4 Å². The maximum absolute atomic E-state index is 13.0. The van der Waals surface area contributed by atoms with Crippen LogP contribution in [-0.2, 0) is 19.1 Å². The van der Waals surface area contributed by atoms with Crippen molar-refractivity contribution in [2.75, 3.05) is 27.3 Å². The molecule has 2 fully saturated rings. The summed E-state index contributed by atoms with van der Waals surface area (Å²) in [4.78, 5) is 41.1. The molecule has 1 amide bonds. The first-order chi connectivity index (χ1) is 13.2. The standard InChI is InChI=1S/C17H21N5O5S/c1-6-10(18)13(24)9-7(5-27-15(19)25)17(26-3)14-8(22(14)16(28)20-2)4-21(17)11(9)12(6)23/h7-8,14H,4-5,18H2,1-3H3,(H2,19,25)(H,20,28)/t7-,8+,14-,17-,22?/m1/s1. The Kier molecular flexibility index (Phi) is 3.95. The summed E-state index contributed by atoms with van der Waals surface area (Å²) in [6.45, 7) is 1.76. The molecular weight excluding hydrogens is 386 g/mol. The van der Waals surface area contributed by atoms with Crippen LogP contribution in [0.1, 0.15) is 6.92 Å². The molecule has 11 heteroatoms. The number of hydrogen-bond acceptors (Lipinski definition) is 8. The molecule has 3 heterocycles. The van der Waals surface area contributed by atoms with Crippen molar-refractivity contribution in [3.05, 3.63) is 22.5 Å². The molecule has 0 radical (unpaired) electrons. The van der Waals surface area contributed by atoms with Crippen LogP contribution in [0, 0.1) is 5.92 Å². The summed E-state index contributed by atoms with van der Waals surface area (Å²) in [5.41, 5.74) is 10.5. The highest BCUT2D eigenvalue weighted by atomic mass is 32.1. The lowest BCUT2D eigenvalue weighted by Crippen LogP contribution is -2.56. The summed E-state index contributed by atoms with van der Waals surface area (Å²) in [6, 6.07) is -0.205. The van der Waals surface area contributed by atoms with Crippen molar-refractivity contribution < 1.29 is 23.9 Å². The molecule has 28 heavy (non-hydrogen) atoms. The molecule has 5 N–H and O–H groups in total. The molecule has 4 rings (SSSR count). The quantitative estimate of drug-likeness (QED) is 0.290. The summed E-state index contributed by atoms with van der Waals surface area (Å²) < 4.78 is 11.0. The van der Waals surface area contributed by atoms with Gasteiger partial charge in [-0.2, -0.15) is 0 Å². The fraction of sp³-hybridized carbons (Fsp3) is 0.529. The van der Waals surface area contributed by atoms with Gasteiger partial charge >= 0.3 is 6.09 Å². The van der Waals surface area contributed by atoms with Crippen molar-refractivity contribution >= 4 is 35.0 Å². The van der Waals surface area contributed by atoms with E-state index in [1.165, 1.54) is 14.0 Å². The smallest absolute Gasteiger partial charge is 0.404 e. The molecule has 2 saturated heterocycles. The van der Waals surface area contributed by atoms with E-state index in [1.807, 2.05) is 4.90 Å². The van der Waals surface area contributed by atoms with Crippen LogP contribution in [0.25, 0.3) is 0 Å². The van der Waals surface area contributed by atoms with Gasteiger partial charge in [-0.3, -0.25) is 9.59 Å². The van der Waals surface area contributed by atoms with Crippen LogP contribution in [-0.4, -0.2) is 77.7 Å². The molecule has 1 aliphatic carbocycles. The van der Waals surface area contributed by atoms with E-state index in [2.05, 4.69) is 5.32 Å². The number of fused-ring (bicyclic) bond motifs is 4. The number of Topliss-reactive ketones (excluding diaryl/α,β-unsaturated/α-hetero) is 2. The molecule has 150 valence electrons. The van der Waals surface area contributed by atoms with Crippen LogP contribution in [0.5, 0.6) is 0 Å². The van der Waals surface area contributed by atoms with Gasteiger partial charge in [0.05, 0.1) is 23.4 Å².